The second-order valence-corrected chi connectivity index (χ2v) is 2.48. The van der Waals surface area contributed by atoms with Crippen LogP contribution in [0.15, 0.2) is 12.2 Å². The lowest BCUT2D eigenvalue weighted by molar-refractivity contribution is 0.462. The van der Waals surface area contributed by atoms with Crippen LogP contribution in [-0.4, -0.2) is 12.6 Å². The van der Waals surface area contributed by atoms with Crippen molar-refractivity contribution in [2.45, 2.75) is 19.9 Å². The van der Waals surface area contributed by atoms with Crippen LogP contribution < -0.4 is 5.32 Å². The summed E-state index contributed by atoms with van der Waals surface area (Å²) < 4.78 is 0. The van der Waals surface area contributed by atoms with Crippen LogP contribution in [0.1, 0.15) is 13.8 Å². The summed E-state index contributed by atoms with van der Waals surface area (Å²) in [6, 6.07) is 0.667. The fourth-order valence-corrected chi connectivity index (χ4v) is 0.889. The first-order chi connectivity index (χ1) is 3.80. The molecule has 0 saturated heterocycles. The highest BCUT2D eigenvalue weighted by molar-refractivity contribution is 4.97. The molecule has 1 N–H and O–H groups in total. The van der Waals surface area contributed by atoms with Crippen LogP contribution in [0.5, 0.6) is 0 Å². The molecule has 0 saturated carbocycles. The Morgan fingerprint density at radius 3 is 2.62 bits per heavy atom. The Hall–Kier alpha value is -0.300. The largest absolute Gasteiger partial charge is 0.310 e. The van der Waals surface area contributed by atoms with Crippen molar-refractivity contribution in [3.05, 3.63) is 12.2 Å². The molecule has 0 aromatic heterocycles. The molecule has 0 aromatic carbocycles. The smallest absolute Gasteiger partial charge is 0.0137 e. The molecule has 0 aromatic rings. The van der Waals surface area contributed by atoms with Gasteiger partial charge in [-0.3, -0.25) is 0 Å². The average molecular weight is 111 g/mol. The molecular formula is C7H13N. The summed E-state index contributed by atoms with van der Waals surface area (Å²) in [5, 5.41) is 3.34. The second-order valence-electron chi connectivity index (χ2n) is 2.48. The minimum absolute atomic E-state index is 0.667. The lowest BCUT2D eigenvalue weighted by Gasteiger charge is -2.21. The van der Waals surface area contributed by atoms with Crippen molar-refractivity contribution in [2.24, 2.45) is 5.92 Å². The molecule has 1 heteroatoms. The zero-order chi connectivity index (χ0) is 5.98. The van der Waals surface area contributed by atoms with Crippen LogP contribution in [-0.2, 0) is 0 Å². The second kappa shape index (κ2) is 2.31. The number of rotatable bonds is 0. The highest BCUT2D eigenvalue weighted by Crippen LogP contribution is 2.06. The molecule has 2 atom stereocenters. The Balaban J connectivity index is 2.47. The van der Waals surface area contributed by atoms with Crippen LogP contribution in [0, 0.1) is 5.92 Å². The molecule has 2 unspecified atom stereocenters. The molecule has 1 heterocycles. The van der Waals surface area contributed by atoms with Gasteiger partial charge in [-0.15, -0.1) is 0 Å². The molecule has 8 heavy (non-hydrogen) atoms. The summed E-state index contributed by atoms with van der Waals surface area (Å²) in [4.78, 5) is 0. The predicted octanol–water partition coefficient (Wildman–Crippen LogP) is 1.17. The maximum absolute atomic E-state index is 3.34. The average Bonchev–Trinajstić information content (AvgIpc) is 1.77. The number of hydrogen-bond acceptors (Lipinski definition) is 1. The Labute approximate surface area is 50.8 Å². The maximum Gasteiger partial charge on any atom is 0.0137 e. The van der Waals surface area contributed by atoms with E-state index in [4.69, 9.17) is 0 Å². The van der Waals surface area contributed by atoms with Gasteiger partial charge in [-0.1, -0.05) is 19.1 Å². The molecule has 1 nitrogen and oxygen atoms in total. The predicted molar refractivity (Wildman–Crippen MR) is 35.8 cm³/mol. The third kappa shape index (κ3) is 1.10. The van der Waals surface area contributed by atoms with Gasteiger partial charge in [0.15, 0.2) is 0 Å². The van der Waals surface area contributed by atoms with E-state index in [2.05, 4.69) is 31.3 Å². The van der Waals surface area contributed by atoms with Crippen molar-refractivity contribution in [3.8, 4) is 0 Å². The molecule has 46 valence electrons. The first-order valence-corrected chi connectivity index (χ1v) is 3.21. The molecule has 0 radical (unpaired) electrons. The molecule has 0 amide bonds. The first kappa shape index (κ1) is 5.83. The highest BCUT2D eigenvalue weighted by atomic mass is 14.9. The first-order valence-electron chi connectivity index (χ1n) is 3.21. The molecule has 1 rings (SSSR count). The van der Waals surface area contributed by atoms with E-state index < -0.39 is 0 Å². The lowest BCUT2D eigenvalue weighted by Crippen LogP contribution is -2.34. The van der Waals surface area contributed by atoms with Crippen LogP contribution in [0.2, 0.25) is 0 Å². The monoisotopic (exact) mass is 111 g/mol. The van der Waals surface area contributed by atoms with Crippen LogP contribution in [0.3, 0.4) is 0 Å². The topological polar surface area (TPSA) is 12.0 Å². The van der Waals surface area contributed by atoms with E-state index in [1.807, 2.05) is 0 Å². The third-order valence-corrected chi connectivity index (χ3v) is 1.79. The minimum atomic E-state index is 0.667. The molecule has 0 fully saturated rings. The van der Waals surface area contributed by atoms with Gasteiger partial charge < -0.3 is 5.32 Å². The maximum atomic E-state index is 3.34. The summed E-state index contributed by atoms with van der Waals surface area (Å²) in [5.41, 5.74) is 0. The fraction of sp³-hybridized carbons (Fsp3) is 0.714. The standard InChI is InChI=1S/C7H13N/c1-6-4-3-5-8-7(6)2/h3-4,6-8H,5H2,1-2H3. The van der Waals surface area contributed by atoms with Crippen molar-refractivity contribution in [1.82, 2.24) is 5.32 Å². The Morgan fingerprint density at radius 2 is 2.25 bits per heavy atom. The summed E-state index contributed by atoms with van der Waals surface area (Å²) in [6.45, 7) is 5.49. The van der Waals surface area contributed by atoms with Gasteiger partial charge >= 0.3 is 0 Å². The van der Waals surface area contributed by atoms with Gasteiger partial charge in [0.2, 0.25) is 0 Å². The van der Waals surface area contributed by atoms with E-state index in [1.54, 1.807) is 0 Å². The van der Waals surface area contributed by atoms with E-state index in [1.165, 1.54) is 0 Å². The Morgan fingerprint density at radius 1 is 1.50 bits per heavy atom. The van der Waals surface area contributed by atoms with Crippen molar-refractivity contribution in [2.75, 3.05) is 6.54 Å². The summed E-state index contributed by atoms with van der Waals surface area (Å²) in [6.07, 6.45) is 4.45. The molecule has 1 aliphatic heterocycles. The zero-order valence-electron chi connectivity index (χ0n) is 5.52. The van der Waals surface area contributed by atoms with E-state index in [0.717, 1.165) is 6.54 Å². The van der Waals surface area contributed by atoms with E-state index in [0.29, 0.717) is 12.0 Å². The normalized spacial score (nSPS) is 37.8. The minimum Gasteiger partial charge on any atom is -0.310 e. The molecule has 1 aliphatic rings. The summed E-state index contributed by atoms with van der Waals surface area (Å²) in [7, 11) is 0. The van der Waals surface area contributed by atoms with Gasteiger partial charge in [0.1, 0.15) is 0 Å². The molecule has 0 bridgehead atoms. The number of nitrogens with one attached hydrogen (secondary N) is 1. The summed E-state index contributed by atoms with van der Waals surface area (Å²) >= 11 is 0. The quantitative estimate of drug-likeness (QED) is 0.463. The molecule has 0 spiro atoms. The third-order valence-electron chi connectivity index (χ3n) is 1.79. The van der Waals surface area contributed by atoms with Gasteiger partial charge in [0.05, 0.1) is 0 Å². The fourth-order valence-electron chi connectivity index (χ4n) is 0.889. The van der Waals surface area contributed by atoms with Crippen LogP contribution in [0.4, 0.5) is 0 Å². The molecule has 0 aliphatic carbocycles. The van der Waals surface area contributed by atoms with Gasteiger partial charge in [0, 0.05) is 12.6 Å². The highest BCUT2D eigenvalue weighted by Gasteiger charge is 2.09. The van der Waals surface area contributed by atoms with Crippen molar-refractivity contribution in [1.29, 1.82) is 0 Å². The van der Waals surface area contributed by atoms with E-state index in [9.17, 15) is 0 Å². The van der Waals surface area contributed by atoms with Crippen LogP contribution in [0.25, 0.3) is 0 Å². The Kier molecular flexibility index (Phi) is 1.69. The van der Waals surface area contributed by atoms with Gasteiger partial charge in [-0.05, 0) is 12.8 Å². The van der Waals surface area contributed by atoms with Crippen molar-refractivity contribution >= 4 is 0 Å². The van der Waals surface area contributed by atoms with E-state index in [-0.39, 0.29) is 0 Å². The SMILES string of the molecule is CC1C=CCNC1C. The zero-order valence-corrected chi connectivity index (χ0v) is 5.52. The van der Waals surface area contributed by atoms with Gasteiger partial charge in [0.25, 0.3) is 0 Å². The van der Waals surface area contributed by atoms with Crippen LogP contribution >= 0.6 is 0 Å². The summed E-state index contributed by atoms with van der Waals surface area (Å²) in [5.74, 6) is 0.712. The van der Waals surface area contributed by atoms with E-state index >= 15 is 0 Å². The molecular weight excluding hydrogens is 98.1 g/mol. The lowest BCUT2D eigenvalue weighted by atomic mass is 10.0. The van der Waals surface area contributed by atoms with Crippen molar-refractivity contribution < 1.29 is 0 Å². The van der Waals surface area contributed by atoms with Crippen molar-refractivity contribution in [3.63, 3.8) is 0 Å². The van der Waals surface area contributed by atoms with Gasteiger partial charge in [-0.25, -0.2) is 0 Å². The number of hydrogen-bond donors (Lipinski definition) is 1. The van der Waals surface area contributed by atoms with Gasteiger partial charge in [-0.2, -0.15) is 0 Å². The Bertz CT molecular complexity index is 96.6.